The van der Waals surface area contributed by atoms with Crippen molar-refractivity contribution in [2.45, 2.75) is 6.92 Å². The van der Waals surface area contributed by atoms with Gasteiger partial charge in [0.2, 0.25) is 0 Å². The summed E-state index contributed by atoms with van der Waals surface area (Å²) in [5.41, 5.74) is 0.988. The maximum absolute atomic E-state index is 12.5. The van der Waals surface area contributed by atoms with Gasteiger partial charge in [-0.1, -0.05) is 12.1 Å². The van der Waals surface area contributed by atoms with E-state index >= 15 is 0 Å². The number of nitro groups is 1. The first-order chi connectivity index (χ1) is 13.6. The van der Waals surface area contributed by atoms with Crippen LogP contribution in [0, 0.1) is 10.1 Å². The van der Waals surface area contributed by atoms with E-state index in [9.17, 15) is 14.9 Å². The molecule has 1 aliphatic heterocycles. The fraction of sp³-hybridized carbons (Fsp3) is 0.350. The largest absolute Gasteiger partial charge is 0.490 e. The van der Waals surface area contributed by atoms with Crippen molar-refractivity contribution in [3.8, 4) is 11.5 Å². The van der Waals surface area contributed by atoms with Crippen molar-refractivity contribution in [2.24, 2.45) is 0 Å². The summed E-state index contributed by atoms with van der Waals surface area (Å²) in [4.78, 5) is 26.7. The molecule has 3 rings (SSSR count). The Hall–Kier alpha value is -3.29. The van der Waals surface area contributed by atoms with E-state index in [4.69, 9.17) is 9.47 Å². The van der Waals surface area contributed by atoms with Gasteiger partial charge in [0.15, 0.2) is 18.1 Å². The number of hydrogen-bond acceptors (Lipinski definition) is 6. The highest BCUT2D eigenvalue weighted by atomic mass is 16.6. The molecule has 0 atom stereocenters. The molecule has 0 aliphatic carbocycles. The fourth-order valence-electron chi connectivity index (χ4n) is 3.07. The molecule has 1 heterocycles. The van der Waals surface area contributed by atoms with Crippen molar-refractivity contribution in [2.75, 3.05) is 44.3 Å². The van der Waals surface area contributed by atoms with Crippen molar-refractivity contribution >= 4 is 17.3 Å². The molecule has 1 saturated heterocycles. The number of non-ortho nitro benzene ring substituents is 1. The van der Waals surface area contributed by atoms with Crippen LogP contribution in [0.3, 0.4) is 0 Å². The van der Waals surface area contributed by atoms with E-state index in [0.717, 1.165) is 5.69 Å². The lowest BCUT2D eigenvalue weighted by Crippen LogP contribution is -2.50. The number of carbonyl (C=O) groups is 1. The smallest absolute Gasteiger partial charge is 0.269 e. The lowest BCUT2D eigenvalue weighted by molar-refractivity contribution is -0.384. The summed E-state index contributed by atoms with van der Waals surface area (Å²) < 4.78 is 11.2. The first-order valence-corrected chi connectivity index (χ1v) is 9.20. The lowest BCUT2D eigenvalue weighted by Gasteiger charge is -2.36. The number of nitro benzene ring substituents is 1. The topological polar surface area (TPSA) is 85.2 Å². The molecule has 148 valence electrons. The molecule has 28 heavy (non-hydrogen) atoms. The molecule has 0 bridgehead atoms. The zero-order chi connectivity index (χ0) is 19.9. The van der Waals surface area contributed by atoms with E-state index in [-0.39, 0.29) is 18.2 Å². The summed E-state index contributed by atoms with van der Waals surface area (Å²) >= 11 is 0. The van der Waals surface area contributed by atoms with Crippen molar-refractivity contribution in [1.82, 2.24) is 4.90 Å². The third kappa shape index (κ3) is 4.70. The maximum atomic E-state index is 12.5. The zero-order valence-corrected chi connectivity index (χ0v) is 15.7. The molecule has 2 aromatic carbocycles. The third-order valence-electron chi connectivity index (χ3n) is 4.56. The van der Waals surface area contributed by atoms with Crippen LogP contribution in [-0.4, -0.2) is 55.1 Å². The molecular formula is C20H23N3O5. The van der Waals surface area contributed by atoms with Crippen LogP contribution >= 0.6 is 0 Å². The number of carbonyl (C=O) groups excluding carboxylic acids is 1. The molecule has 0 N–H and O–H groups in total. The number of piperazine rings is 1. The summed E-state index contributed by atoms with van der Waals surface area (Å²) in [6, 6.07) is 13.8. The third-order valence-corrected chi connectivity index (χ3v) is 4.56. The highest BCUT2D eigenvalue weighted by Crippen LogP contribution is 2.26. The normalized spacial score (nSPS) is 13.9. The number of para-hydroxylation sites is 2. The van der Waals surface area contributed by atoms with Crippen LogP contribution in [0.1, 0.15) is 6.92 Å². The molecule has 1 amide bonds. The predicted octanol–water partition coefficient (Wildman–Crippen LogP) is 2.72. The average Bonchev–Trinajstić information content (AvgIpc) is 2.73. The van der Waals surface area contributed by atoms with Gasteiger partial charge in [-0.05, 0) is 31.2 Å². The van der Waals surface area contributed by atoms with E-state index < -0.39 is 4.92 Å². The van der Waals surface area contributed by atoms with E-state index in [1.807, 2.05) is 25.1 Å². The van der Waals surface area contributed by atoms with E-state index in [0.29, 0.717) is 44.3 Å². The van der Waals surface area contributed by atoms with Gasteiger partial charge in [-0.2, -0.15) is 0 Å². The van der Waals surface area contributed by atoms with Crippen LogP contribution in [0.15, 0.2) is 48.5 Å². The highest BCUT2D eigenvalue weighted by Gasteiger charge is 2.22. The maximum Gasteiger partial charge on any atom is 0.269 e. The Balaban J connectivity index is 1.50. The number of ether oxygens (including phenoxy) is 2. The molecular weight excluding hydrogens is 362 g/mol. The first kappa shape index (κ1) is 19.5. The van der Waals surface area contributed by atoms with Gasteiger partial charge in [-0.25, -0.2) is 0 Å². The van der Waals surface area contributed by atoms with Gasteiger partial charge >= 0.3 is 0 Å². The predicted molar refractivity (Wildman–Crippen MR) is 105 cm³/mol. The molecule has 0 aromatic heterocycles. The monoisotopic (exact) mass is 385 g/mol. The number of hydrogen-bond donors (Lipinski definition) is 0. The number of amides is 1. The van der Waals surface area contributed by atoms with Crippen molar-refractivity contribution in [1.29, 1.82) is 0 Å². The van der Waals surface area contributed by atoms with E-state index in [2.05, 4.69) is 4.90 Å². The second-order valence-electron chi connectivity index (χ2n) is 6.31. The Labute approximate surface area is 163 Å². The van der Waals surface area contributed by atoms with Gasteiger partial charge < -0.3 is 19.3 Å². The minimum atomic E-state index is -0.413. The number of benzene rings is 2. The summed E-state index contributed by atoms with van der Waals surface area (Å²) in [7, 11) is 0. The van der Waals surface area contributed by atoms with Crippen LogP contribution in [0.2, 0.25) is 0 Å². The number of anilines is 1. The molecule has 0 unspecified atom stereocenters. The summed E-state index contributed by atoms with van der Waals surface area (Å²) in [5, 5.41) is 10.8. The molecule has 2 aromatic rings. The van der Waals surface area contributed by atoms with Gasteiger partial charge in [0.25, 0.3) is 11.6 Å². The van der Waals surface area contributed by atoms with Crippen LogP contribution in [-0.2, 0) is 4.79 Å². The van der Waals surface area contributed by atoms with Gasteiger partial charge in [-0.3, -0.25) is 14.9 Å². The van der Waals surface area contributed by atoms with Gasteiger partial charge in [0, 0.05) is 44.0 Å². The van der Waals surface area contributed by atoms with Crippen LogP contribution in [0.5, 0.6) is 11.5 Å². The van der Waals surface area contributed by atoms with Crippen LogP contribution in [0.4, 0.5) is 11.4 Å². The molecule has 1 aliphatic rings. The number of rotatable bonds is 7. The van der Waals surface area contributed by atoms with Crippen molar-refractivity contribution < 1.29 is 19.2 Å². The van der Waals surface area contributed by atoms with Crippen molar-refractivity contribution in [3.05, 3.63) is 58.6 Å². The molecule has 0 radical (unpaired) electrons. The van der Waals surface area contributed by atoms with Crippen LogP contribution < -0.4 is 14.4 Å². The zero-order valence-electron chi connectivity index (χ0n) is 15.7. The van der Waals surface area contributed by atoms with Crippen molar-refractivity contribution in [3.63, 3.8) is 0 Å². The lowest BCUT2D eigenvalue weighted by atomic mass is 10.2. The molecule has 8 nitrogen and oxygen atoms in total. The van der Waals surface area contributed by atoms with Crippen LogP contribution in [0.25, 0.3) is 0 Å². The molecule has 1 fully saturated rings. The summed E-state index contributed by atoms with van der Waals surface area (Å²) in [6.07, 6.45) is 0. The minimum absolute atomic E-state index is 0.0401. The molecule has 0 spiro atoms. The Morgan fingerprint density at radius 3 is 2.18 bits per heavy atom. The Kier molecular flexibility index (Phi) is 6.31. The van der Waals surface area contributed by atoms with Gasteiger partial charge in [-0.15, -0.1) is 0 Å². The molecule has 8 heteroatoms. The molecule has 0 saturated carbocycles. The number of nitrogens with zero attached hydrogens (tertiary/aromatic N) is 3. The van der Waals surface area contributed by atoms with Gasteiger partial charge in [0.05, 0.1) is 11.5 Å². The first-order valence-electron chi connectivity index (χ1n) is 9.20. The SMILES string of the molecule is CCOc1ccccc1OCC(=O)N1CCN(c2ccc([N+](=O)[O-])cc2)CC1. The second-order valence-corrected chi connectivity index (χ2v) is 6.31. The quantitative estimate of drug-likeness (QED) is 0.538. The summed E-state index contributed by atoms with van der Waals surface area (Å²) in [5.74, 6) is 1.11. The average molecular weight is 385 g/mol. The fourth-order valence-corrected chi connectivity index (χ4v) is 3.07. The van der Waals surface area contributed by atoms with E-state index in [1.165, 1.54) is 12.1 Å². The van der Waals surface area contributed by atoms with Gasteiger partial charge in [0.1, 0.15) is 0 Å². The Bertz CT molecular complexity index is 817. The van der Waals surface area contributed by atoms with E-state index in [1.54, 1.807) is 23.1 Å². The minimum Gasteiger partial charge on any atom is -0.490 e. The standard InChI is InChI=1S/C20H23N3O5/c1-2-27-18-5-3-4-6-19(18)28-15-20(24)22-13-11-21(12-14-22)16-7-9-17(10-8-16)23(25)26/h3-10H,2,11-15H2,1H3. The summed E-state index contributed by atoms with van der Waals surface area (Å²) in [6.45, 7) is 4.86. The second kappa shape index (κ2) is 9.07. The highest BCUT2D eigenvalue weighted by molar-refractivity contribution is 5.78. The Morgan fingerprint density at radius 1 is 1.00 bits per heavy atom. The Morgan fingerprint density at radius 2 is 1.61 bits per heavy atom.